The number of hydrogen-bond donors (Lipinski definition) is 0. The van der Waals surface area contributed by atoms with E-state index in [9.17, 15) is 5.26 Å². The summed E-state index contributed by atoms with van der Waals surface area (Å²) in [5.74, 6) is 2.14. The minimum Gasteiger partial charge on any atom is -0.464 e. The molecule has 0 N–H and O–H groups in total. The van der Waals surface area contributed by atoms with Crippen LogP contribution in [-0.4, -0.2) is 0 Å². The monoisotopic (exact) mass is 377 g/mol. The van der Waals surface area contributed by atoms with Gasteiger partial charge in [0.2, 0.25) is 0 Å². The minimum absolute atomic E-state index is 0.546. The van der Waals surface area contributed by atoms with E-state index in [1.807, 2.05) is 60.0 Å². The van der Waals surface area contributed by atoms with Crippen LogP contribution in [0, 0.1) is 11.3 Å². The molecule has 0 amide bonds. The fourth-order valence-corrected chi connectivity index (χ4v) is 3.54. The predicted molar refractivity (Wildman–Crippen MR) is 105 cm³/mol. The summed E-state index contributed by atoms with van der Waals surface area (Å²) in [6.07, 6.45) is 3.38. The summed E-state index contributed by atoms with van der Waals surface area (Å²) in [6.45, 7) is 0. The summed E-state index contributed by atoms with van der Waals surface area (Å²) in [7, 11) is 0. The highest BCUT2D eigenvalue weighted by molar-refractivity contribution is 7.11. The SMILES string of the molecule is N#C/C(=C\c1ccc(-c2ccc(Cl)cc2)o1)c1cc(-c2ccco2)cs1. The third kappa shape index (κ3) is 3.36. The highest BCUT2D eigenvalue weighted by Crippen LogP contribution is 2.32. The van der Waals surface area contributed by atoms with E-state index in [0.29, 0.717) is 16.4 Å². The summed E-state index contributed by atoms with van der Waals surface area (Å²) in [6, 6.07) is 19.1. The van der Waals surface area contributed by atoms with Crippen LogP contribution in [0.2, 0.25) is 5.02 Å². The fourth-order valence-electron chi connectivity index (χ4n) is 2.55. The van der Waals surface area contributed by atoms with E-state index in [1.165, 1.54) is 11.3 Å². The topological polar surface area (TPSA) is 50.1 Å². The summed E-state index contributed by atoms with van der Waals surface area (Å²) < 4.78 is 11.3. The van der Waals surface area contributed by atoms with Crippen LogP contribution in [-0.2, 0) is 0 Å². The van der Waals surface area contributed by atoms with Gasteiger partial charge in [0.05, 0.1) is 11.8 Å². The lowest BCUT2D eigenvalue weighted by Crippen LogP contribution is -1.75. The number of benzene rings is 1. The van der Waals surface area contributed by atoms with Crippen molar-refractivity contribution in [3.63, 3.8) is 0 Å². The van der Waals surface area contributed by atoms with Gasteiger partial charge in [-0.3, -0.25) is 0 Å². The number of nitrogens with zero attached hydrogens (tertiary/aromatic N) is 1. The Kier molecular flexibility index (Phi) is 4.49. The van der Waals surface area contributed by atoms with Crippen molar-refractivity contribution in [2.45, 2.75) is 0 Å². The van der Waals surface area contributed by atoms with E-state index in [1.54, 1.807) is 12.3 Å². The van der Waals surface area contributed by atoms with Crippen LogP contribution in [0.4, 0.5) is 0 Å². The molecule has 0 atom stereocenters. The first-order valence-corrected chi connectivity index (χ1v) is 9.09. The zero-order chi connectivity index (χ0) is 17.9. The molecule has 5 heteroatoms. The largest absolute Gasteiger partial charge is 0.464 e. The molecular weight excluding hydrogens is 366 g/mol. The molecule has 0 saturated carbocycles. The summed E-state index contributed by atoms with van der Waals surface area (Å²) in [5, 5.41) is 12.2. The number of allylic oxidation sites excluding steroid dienone is 1. The molecule has 1 aromatic carbocycles. The molecule has 0 aliphatic heterocycles. The zero-order valence-corrected chi connectivity index (χ0v) is 15.1. The minimum atomic E-state index is 0.546. The van der Waals surface area contributed by atoms with E-state index < -0.39 is 0 Å². The quantitative estimate of drug-likeness (QED) is 0.360. The number of nitriles is 1. The molecule has 0 unspecified atom stereocenters. The lowest BCUT2D eigenvalue weighted by Gasteiger charge is -1.97. The molecule has 0 spiro atoms. The molecule has 0 fully saturated rings. The molecule has 0 aliphatic carbocycles. The van der Waals surface area contributed by atoms with Gasteiger partial charge in [-0.1, -0.05) is 11.6 Å². The van der Waals surface area contributed by atoms with Crippen molar-refractivity contribution >= 4 is 34.6 Å². The van der Waals surface area contributed by atoms with Crippen molar-refractivity contribution in [3.8, 4) is 28.7 Å². The third-order valence-electron chi connectivity index (χ3n) is 3.83. The second kappa shape index (κ2) is 7.09. The van der Waals surface area contributed by atoms with Gasteiger partial charge in [-0.05, 0) is 60.7 Å². The van der Waals surface area contributed by atoms with Gasteiger partial charge in [0.15, 0.2) is 0 Å². The van der Waals surface area contributed by atoms with Gasteiger partial charge in [0.1, 0.15) is 23.3 Å². The maximum atomic E-state index is 9.54. The van der Waals surface area contributed by atoms with E-state index >= 15 is 0 Å². The van der Waals surface area contributed by atoms with Crippen LogP contribution >= 0.6 is 22.9 Å². The number of furan rings is 2. The Balaban J connectivity index is 1.62. The summed E-state index contributed by atoms with van der Waals surface area (Å²) in [4.78, 5) is 0.864. The van der Waals surface area contributed by atoms with Crippen LogP contribution in [0.25, 0.3) is 34.3 Å². The van der Waals surface area contributed by atoms with Crippen molar-refractivity contribution in [3.05, 3.63) is 81.9 Å². The van der Waals surface area contributed by atoms with E-state index in [4.69, 9.17) is 20.4 Å². The Labute approximate surface area is 159 Å². The molecule has 3 heterocycles. The first-order chi connectivity index (χ1) is 12.7. The van der Waals surface area contributed by atoms with Gasteiger partial charge in [-0.25, -0.2) is 0 Å². The van der Waals surface area contributed by atoms with Gasteiger partial charge in [-0.15, -0.1) is 11.3 Å². The molecule has 3 aromatic heterocycles. The molecular formula is C21H12ClNO2S. The first-order valence-electron chi connectivity index (χ1n) is 7.83. The highest BCUT2D eigenvalue weighted by atomic mass is 35.5. The van der Waals surface area contributed by atoms with E-state index in [2.05, 4.69) is 6.07 Å². The predicted octanol–water partition coefficient (Wildman–Crippen LogP) is 6.99. The molecule has 0 aliphatic rings. The Bertz CT molecular complexity index is 1100. The van der Waals surface area contributed by atoms with E-state index in [0.717, 1.165) is 27.5 Å². The highest BCUT2D eigenvalue weighted by Gasteiger charge is 2.10. The molecule has 4 aromatic rings. The molecule has 3 nitrogen and oxygen atoms in total. The average molecular weight is 378 g/mol. The Morgan fingerprint density at radius 1 is 1.04 bits per heavy atom. The van der Waals surface area contributed by atoms with E-state index in [-0.39, 0.29) is 0 Å². The molecule has 126 valence electrons. The maximum absolute atomic E-state index is 9.54. The average Bonchev–Trinajstić information content (AvgIpc) is 3.40. The molecule has 4 rings (SSSR count). The molecule has 0 saturated heterocycles. The van der Waals surface area contributed by atoms with Gasteiger partial charge >= 0.3 is 0 Å². The van der Waals surface area contributed by atoms with Crippen molar-refractivity contribution in [1.29, 1.82) is 5.26 Å². The Morgan fingerprint density at radius 3 is 2.62 bits per heavy atom. The van der Waals surface area contributed by atoms with Gasteiger partial charge in [0.25, 0.3) is 0 Å². The Hall–Kier alpha value is -3.00. The standard InChI is InChI=1S/C21H12ClNO2S/c22-17-5-3-14(4-6-17)20-8-7-18(25-20)10-15(12-23)21-11-16(13-26-21)19-2-1-9-24-19/h1-11,13H/b15-10+. The van der Waals surface area contributed by atoms with Crippen LogP contribution in [0.5, 0.6) is 0 Å². The fraction of sp³-hybridized carbons (Fsp3) is 0. The van der Waals surface area contributed by atoms with Gasteiger partial charge in [-0.2, -0.15) is 5.26 Å². The smallest absolute Gasteiger partial charge is 0.134 e. The number of thiophene rings is 1. The Morgan fingerprint density at radius 2 is 1.88 bits per heavy atom. The van der Waals surface area contributed by atoms with Gasteiger partial charge in [0, 0.05) is 26.4 Å². The van der Waals surface area contributed by atoms with Crippen LogP contribution < -0.4 is 0 Å². The number of hydrogen-bond acceptors (Lipinski definition) is 4. The lowest BCUT2D eigenvalue weighted by molar-refractivity contribution is 0.572. The molecule has 0 radical (unpaired) electrons. The van der Waals surface area contributed by atoms with Crippen LogP contribution in [0.1, 0.15) is 10.6 Å². The van der Waals surface area contributed by atoms with Crippen molar-refractivity contribution in [2.75, 3.05) is 0 Å². The van der Waals surface area contributed by atoms with Crippen molar-refractivity contribution < 1.29 is 8.83 Å². The first kappa shape index (κ1) is 16.5. The maximum Gasteiger partial charge on any atom is 0.134 e. The van der Waals surface area contributed by atoms with Gasteiger partial charge < -0.3 is 8.83 Å². The lowest BCUT2D eigenvalue weighted by atomic mass is 10.1. The normalized spacial score (nSPS) is 11.5. The zero-order valence-electron chi connectivity index (χ0n) is 13.5. The number of halogens is 1. The molecule has 26 heavy (non-hydrogen) atoms. The third-order valence-corrected chi connectivity index (χ3v) is 5.05. The van der Waals surface area contributed by atoms with Crippen LogP contribution in [0.15, 0.2) is 75.1 Å². The summed E-state index contributed by atoms with van der Waals surface area (Å²) >= 11 is 7.41. The number of rotatable bonds is 4. The van der Waals surface area contributed by atoms with Crippen molar-refractivity contribution in [1.82, 2.24) is 0 Å². The van der Waals surface area contributed by atoms with Crippen LogP contribution in [0.3, 0.4) is 0 Å². The molecule has 0 bridgehead atoms. The summed E-state index contributed by atoms with van der Waals surface area (Å²) in [5.41, 5.74) is 2.44. The van der Waals surface area contributed by atoms with Crippen molar-refractivity contribution in [2.24, 2.45) is 0 Å². The second-order valence-corrected chi connectivity index (χ2v) is 6.90. The second-order valence-electron chi connectivity index (χ2n) is 5.56.